The van der Waals surface area contributed by atoms with E-state index in [4.69, 9.17) is 0 Å². The predicted molar refractivity (Wildman–Crippen MR) is 145 cm³/mol. The molecule has 3 aliphatic rings. The molecule has 2 unspecified atom stereocenters. The second kappa shape index (κ2) is 12.2. The van der Waals surface area contributed by atoms with Crippen LogP contribution < -0.4 is 0 Å². The second-order valence-electron chi connectivity index (χ2n) is 10.8. The quantitative estimate of drug-likeness (QED) is 0.356. The fraction of sp³-hybridized carbons (Fsp3) is 0.750. The Morgan fingerprint density at radius 2 is 1.78 bits per heavy atom. The number of hydrogen-bond acceptors (Lipinski definition) is 5. The first-order chi connectivity index (χ1) is 17.2. The van der Waals surface area contributed by atoms with Crippen LogP contribution in [0, 0.1) is 17.8 Å². The van der Waals surface area contributed by atoms with Crippen molar-refractivity contribution < 1.29 is 19.5 Å². The van der Waals surface area contributed by atoms with E-state index in [1.54, 1.807) is 28.8 Å². The summed E-state index contributed by atoms with van der Waals surface area (Å²) in [6, 6.07) is -1.16. The molecule has 1 N–H and O–H groups in total. The van der Waals surface area contributed by atoms with Crippen molar-refractivity contribution in [2.45, 2.75) is 81.9 Å². The molecular weight excluding hydrogens is 474 g/mol. The van der Waals surface area contributed by atoms with Crippen LogP contribution in [0.15, 0.2) is 25.3 Å². The third kappa shape index (κ3) is 4.87. The zero-order chi connectivity index (χ0) is 26.6. The van der Waals surface area contributed by atoms with Crippen molar-refractivity contribution in [3.63, 3.8) is 0 Å². The molecule has 0 aliphatic carbocycles. The Hall–Kier alpha value is -1.80. The van der Waals surface area contributed by atoms with E-state index in [1.807, 2.05) is 30.6 Å². The number of nitrogens with zero attached hydrogens (tertiary/aromatic N) is 3. The van der Waals surface area contributed by atoms with Gasteiger partial charge in [-0.3, -0.25) is 14.4 Å². The van der Waals surface area contributed by atoms with Crippen molar-refractivity contribution >= 4 is 29.5 Å². The summed E-state index contributed by atoms with van der Waals surface area (Å²) < 4.78 is -0.640. The van der Waals surface area contributed by atoms with Gasteiger partial charge in [0.25, 0.3) is 0 Å². The molecule has 3 fully saturated rings. The lowest BCUT2D eigenvalue weighted by molar-refractivity contribution is -0.148. The van der Waals surface area contributed by atoms with Crippen LogP contribution in [0.25, 0.3) is 0 Å². The standard InChI is InChI=1S/C28H45N3O4S/c1-7-11-17-30(16-10-4)27(35)24-28-13-12-21(36-28)22(25(33)29(14-8-2)15-9-3)23(28)26(34)31(24)20(18-32)19(5)6/h8,10,19-24,32H,2,4,7,9,11-18H2,1,3,5-6H3/t20-,21-,22+,23-,24?,28?/m0/s1. The van der Waals surface area contributed by atoms with Crippen molar-refractivity contribution in [3.8, 4) is 0 Å². The fourth-order valence-corrected chi connectivity index (χ4v) is 8.72. The van der Waals surface area contributed by atoms with Crippen molar-refractivity contribution in [2.24, 2.45) is 17.8 Å². The van der Waals surface area contributed by atoms with Crippen LogP contribution in [0.1, 0.15) is 59.8 Å². The number of thioether (sulfide) groups is 1. The van der Waals surface area contributed by atoms with Gasteiger partial charge in [0, 0.05) is 31.4 Å². The first-order valence-electron chi connectivity index (χ1n) is 13.6. The van der Waals surface area contributed by atoms with E-state index in [0.29, 0.717) is 26.2 Å². The van der Waals surface area contributed by atoms with E-state index in [2.05, 4.69) is 20.1 Å². The summed E-state index contributed by atoms with van der Waals surface area (Å²) in [5.41, 5.74) is 0. The largest absolute Gasteiger partial charge is 0.394 e. The Bertz CT molecular complexity index is 849. The van der Waals surface area contributed by atoms with Crippen LogP contribution in [0.3, 0.4) is 0 Å². The number of carbonyl (C=O) groups excluding carboxylic acids is 3. The third-order valence-corrected chi connectivity index (χ3v) is 10.1. The van der Waals surface area contributed by atoms with E-state index in [-0.39, 0.29) is 35.5 Å². The van der Waals surface area contributed by atoms with Gasteiger partial charge in [0.15, 0.2) is 0 Å². The summed E-state index contributed by atoms with van der Waals surface area (Å²) in [6.45, 7) is 17.6. The van der Waals surface area contributed by atoms with E-state index < -0.39 is 28.7 Å². The minimum Gasteiger partial charge on any atom is -0.394 e. The summed E-state index contributed by atoms with van der Waals surface area (Å²) in [5, 5.41) is 10.4. The molecule has 2 bridgehead atoms. The zero-order valence-corrected chi connectivity index (χ0v) is 23.3. The van der Waals surface area contributed by atoms with E-state index in [0.717, 1.165) is 32.1 Å². The summed E-state index contributed by atoms with van der Waals surface area (Å²) >= 11 is 1.69. The Morgan fingerprint density at radius 3 is 2.31 bits per heavy atom. The lowest BCUT2D eigenvalue weighted by Crippen LogP contribution is -2.58. The molecule has 7 nitrogen and oxygen atoms in total. The maximum atomic E-state index is 14.3. The highest BCUT2D eigenvalue weighted by molar-refractivity contribution is 8.02. The van der Waals surface area contributed by atoms with Gasteiger partial charge in [-0.2, -0.15) is 0 Å². The first kappa shape index (κ1) is 28.8. The minimum absolute atomic E-state index is 0.00116. The van der Waals surface area contributed by atoms with Gasteiger partial charge in [0.1, 0.15) is 6.04 Å². The van der Waals surface area contributed by atoms with Crippen LogP contribution in [-0.2, 0) is 14.4 Å². The maximum Gasteiger partial charge on any atom is 0.247 e. The molecule has 3 aliphatic heterocycles. The number of carbonyl (C=O) groups is 3. The molecule has 3 saturated heterocycles. The van der Waals surface area contributed by atoms with E-state index >= 15 is 0 Å². The molecule has 0 aromatic carbocycles. The number of amides is 3. The third-order valence-electron chi connectivity index (χ3n) is 8.17. The first-order valence-corrected chi connectivity index (χ1v) is 14.5. The average Bonchev–Trinajstić information content (AvgIpc) is 3.49. The van der Waals surface area contributed by atoms with Crippen LogP contribution in [-0.4, -0.2) is 92.4 Å². The molecule has 8 heteroatoms. The predicted octanol–water partition coefficient (Wildman–Crippen LogP) is 3.33. The number of rotatable bonds is 14. The Balaban J connectivity index is 2.08. The van der Waals surface area contributed by atoms with Gasteiger partial charge in [-0.25, -0.2) is 0 Å². The van der Waals surface area contributed by atoms with E-state index in [1.165, 1.54) is 0 Å². The SMILES string of the molecule is C=CCN(CCCC)C(=O)C1N([C@@H](CO)C(C)C)C(=O)[C@@H]2[C@H](C(=O)N(CC=C)CCC)[C@@H]3CCC12S3. The molecule has 3 heterocycles. The second-order valence-corrected chi connectivity index (χ2v) is 12.4. The highest BCUT2D eigenvalue weighted by Gasteiger charge is 2.74. The monoisotopic (exact) mass is 519 g/mol. The smallest absolute Gasteiger partial charge is 0.247 e. The van der Waals surface area contributed by atoms with Gasteiger partial charge in [0.2, 0.25) is 17.7 Å². The van der Waals surface area contributed by atoms with Gasteiger partial charge in [-0.05, 0) is 31.6 Å². The number of aliphatic hydroxyl groups is 1. The highest BCUT2D eigenvalue weighted by Crippen LogP contribution is 2.67. The Kier molecular flexibility index (Phi) is 9.72. The van der Waals surface area contributed by atoms with Crippen LogP contribution in [0.4, 0.5) is 0 Å². The number of hydrogen-bond donors (Lipinski definition) is 1. The molecule has 1 spiro atoms. The molecule has 0 radical (unpaired) electrons. The van der Waals surface area contributed by atoms with Gasteiger partial charge >= 0.3 is 0 Å². The highest BCUT2D eigenvalue weighted by atomic mass is 32.2. The molecule has 0 aromatic heterocycles. The summed E-state index contributed by atoms with van der Waals surface area (Å²) in [5.74, 6) is -1.23. The van der Waals surface area contributed by atoms with Gasteiger partial charge < -0.3 is 19.8 Å². The maximum absolute atomic E-state index is 14.3. The molecule has 3 amide bonds. The van der Waals surface area contributed by atoms with E-state index in [9.17, 15) is 19.5 Å². The van der Waals surface area contributed by atoms with Crippen molar-refractivity contribution in [2.75, 3.05) is 32.8 Å². The topological polar surface area (TPSA) is 81.2 Å². The van der Waals surface area contributed by atoms with Crippen LogP contribution in [0.5, 0.6) is 0 Å². The lowest BCUT2D eigenvalue weighted by atomic mass is 9.70. The molecular formula is C28H45N3O4S. The number of likely N-dealkylation sites (tertiary alicyclic amines) is 1. The fourth-order valence-electron chi connectivity index (χ4n) is 6.53. The summed E-state index contributed by atoms with van der Waals surface area (Å²) in [7, 11) is 0. The average molecular weight is 520 g/mol. The number of unbranched alkanes of at least 4 members (excludes halogenated alkanes) is 1. The number of aliphatic hydroxyl groups excluding tert-OH is 1. The van der Waals surface area contributed by atoms with Gasteiger partial charge in [-0.1, -0.05) is 46.3 Å². The van der Waals surface area contributed by atoms with Gasteiger partial charge in [0.05, 0.1) is 29.2 Å². The molecule has 36 heavy (non-hydrogen) atoms. The van der Waals surface area contributed by atoms with Crippen LogP contribution in [0.2, 0.25) is 0 Å². The van der Waals surface area contributed by atoms with Gasteiger partial charge in [-0.15, -0.1) is 24.9 Å². The van der Waals surface area contributed by atoms with Crippen LogP contribution >= 0.6 is 11.8 Å². The lowest BCUT2D eigenvalue weighted by Gasteiger charge is -2.40. The summed E-state index contributed by atoms with van der Waals surface area (Å²) in [4.78, 5) is 47.7. The van der Waals surface area contributed by atoms with Crippen molar-refractivity contribution in [3.05, 3.63) is 25.3 Å². The number of fused-ring (bicyclic) bond motifs is 1. The molecule has 202 valence electrons. The van der Waals surface area contributed by atoms with Crippen molar-refractivity contribution in [1.29, 1.82) is 0 Å². The molecule has 0 aromatic rings. The van der Waals surface area contributed by atoms with Crippen molar-refractivity contribution in [1.82, 2.24) is 14.7 Å². The molecule has 6 atom stereocenters. The summed E-state index contributed by atoms with van der Waals surface area (Å²) in [6.07, 6.45) is 7.68. The zero-order valence-electron chi connectivity index (χ0n) is 22.5. The Morgan fingerprint density at radius 1 is 1.14 bits per heavy atom. The Labute approximate surface area is 221 Å². The normalized spacial score (nSPS) is 29.4. The minimum atomic E-state index is -0.682. The molecule has 3 rings (SSSR count). The molecule has 0 saturated carbocycles.